The molecular weight excluding hydrogens is 317 g/mol. The van der Waals surface area contributed by atoms with Gasteiger partial charge < -0.3 is 4.90 Å². The Morgan fingerprint density at radius 3 is 3.00 bits per heavy atom. The van der Waals surface area contributed by atoms with Crippen LogP contribution >= 0.6 is 0 Å². The lowest BCUT2D eigenvalue weighted by Crippen LogP contribution is -2.40. The Morgan fingerprint density at radius 1 is 1.28 bits per heavy atom. The number of amides is 1. The number of aromatic nitrogens is 2. The van der Waals surface area contributed by atoms with E-state index in [-0.39, 0.29) is 11.7 Å². The fourth-order valence-corrected chi connectivity index (χ4v) is 3.44. The number of hydrogen-bond acceptors (Lipinski definition) is 3. The van der Waals surface area contributed by atoms with E-state index >= 15 is 0 Å². The van der Waals surface area contributed by atoms with Gasteiger partial charge in [-0.1, -0.05) is 12.1 Å². The normalized spacial score (nSPS) is 17.5. The van der Waals surface area contributed by atoms with Crippen molar-refractivity contribution in [1.29, 1.82) is 0 Å². The molecule has 1 amide bonds. The van der Waals surface area contributed by atoms with Crippen LogP contribution in [-0.4, -0.2) is 33.9 Å². The highest BCUT2D eigenvalue weighted by molar-refractivity contribution is 5.76. The van der Waals surface area contributed by atoms with Crippen LogP contribution in [-0.2, 0) is 17.6 Å². The van der Waals surface area contributed by atoms with Crippen molar-refractivity contribution in [3.05, 3.63) is 59.9 Å². The summed E-state index contributed by atoms with van der Waals surface area (Å²) in [6.07, 6.45) is 10.2. The zero-order valence-electron chi connectivity index (χ0n) is 14.4. The van der Waals surface area contributed by atoms with Crippen molar-refractivity contribution < 1.29 is 9.18 Å². The van der Waals surface area contributed by atoms with E-state index in [1.807, 2.05) is 11.0 Å². The van der Waals surface area contributed by atoms with E-state index in [0.717, 1.165) is 50.0 Å². The summed E-state index contributed by atoms with van der Waals surface area (Å²) in [6.45, 7) is 1.66. The maximum absolute atomic E-state index is 13.3. The van der Waals surface area contributed by atoms with Gasteiger partial charge in [0, 0.05) is 38.1 Å². The molecule has 2 aromatic rings. The third-order valence-electron chi connectivity index (χ3n) is 4.81. The molecule has 1 aromatic carbocycles. The minimum atomic E-state index is -0.179. The van der Waals surface area contributed by atoms with Gasteiger partial charge in [-0.25, -0.2) is 4.39 Å². The molecule has 3 rings (SSSR count). The molecule has 0 N–H and O–H groups in total. The van der Waals surface area contributed by atoms with Gasteiger partial charge >= 0.3 is 0 Å². The molecule has 0 bridgehead atoms. The van der Waals surface area contributed by atoms with E-state index in [1.54, 1.807) is 30.7 Å². The molecule has 1 atom stereocenters. The average molecular weight is 341 g/mol. The molecule has 5 heteroatoms. The third kappa shape index (κ3) is 5.34. The van der Waals surface area contributed by atoms with Crippen LogP contribution < -0.4 is 0 Å². The average Bonchev–Trinajstić information content (AvgIpc) is 2.65. The van der Waals surface area contributed by atoms with Crippen molar-refractivity contribution in [2.75, 3.05) is 13.1 Å². The van der Waals surface area contributed by atoms with Crippen LogP contribution in [0.4, 0.5) is 4.39 Å². The number of aryl methyl sites for hydroxylation is 2. The first kappa shape index (κ1) is 17.5. The number of benzene rings is 1. The molecule has 4 nitrogen and oxygen atoms in total. The number of nitrogens with zero attached hydrogens (tertiary/aromatic N) is 3. The lowest BCUT2D eigenvalue weighted by Gasteiger charge is -2.33. The molecule has 0 radical (unpaired) electrons. The smallest absolute Gasteiger partial charge is 0.222 e. The second kappa shape index (κ2) is 8.70. The predicted molar refractivity (Wildman–Crippen MR) is 94.4 cm³/mol. The molecule has 2 heterocycles. The van der Waals surface area contributed by atoms with Gasteiger partial charge in [-0.2, -0.15) is 0 Å². The SMILES string of the molecule is O=C(CCc1cnccn1)N1CCC[C@@H](CCc2cccc(F)c2)C1. The highest BCUT2D eigenvalue weighted by Gasteiger charge is 2.23. The van der Waals surface area contributed by atoms with E-state index in [9.17, 15) is 9.18 Å². The summed E-state index contributed by atoms with van der Waals surface area (Å²) >= 11 is 0. The van der Waals surface area contributed by atoms with Gasteiger partial charge in [0.05, 0.1) is 5.69 Å². The summed E-state index contributed by atoms with van der Waals surface area (Å²) in [7, 11) is 0. The molecular formula is C20H24FN3O. The minimum Gasteiger partial charge on any atom is -0.342 e. The molecule has 1 saturated heterocycles. The quantitative estimate of drug-likeness (QED) is 0.809. The van der Waals surface area contributed by atoms with Crippen LogP contribution in [0.5, 0.6) is 0 Å². The van der Waals surface area contributed by atoms with Gasteiger partial charge in [0.25, 0.3) is 0 Å². The number of rotatable bonds is 6. The summed E-state index contributed by atoms with van der Waals surface area (Å²) in [6, 6.07) is 6.80. The van der Waals surface area contributed by atoms with E-state index in [1.165, 1.54) is 6.07 Å². The Morgan fingerprint density at radius 2 is 2.20 bits per heavy atom. The molecule has 1 fully saturated rings. The number of halogens is 1. The molecule has 25 heavy (non-hydrogen) atoms. The lowest BCUT2D eigenvalue weighted by molar-refractivity contribution is -0.133. The first-order chi connectivity index (χ1) is 12.2. The fraction of sp³-hybridized carbons (Fsp3) is 0.450. The van der Waals surface area contributed by atoms with Gasteiger partial charge in [-0.3, -0.25) is 14.8 Å². The molecule has 1 aromatic heterocycles. The van der Waals surface area contributed by atoms with Crippen molar-refractivity contribution in [2.45, 2.75) is 38.5 Å². The number of carbonyl (C=O) groups is 1. The molecule has 1 aliphatic rings. The zero-order chi connectivity index (χ0) is 17.5. The van der Waals surface area contributed by atoms with Crippen molar-refractivity contribution in [1.82, 2.24) is 14.9 Å². The molecule has 0 saturated carbocycles. The number of hydrogen-bond donors (Lipinski definition) is 0. The van der Waals surface area contributed by atoms with Crippen LogP contribution in [0.2, 0.25) is 0 Å². The topological polar surface area (TPSA) is 46.1 Å². The molecule has 0 aliphatic carbocycles. The maximum Gasteiger partial charge on any atom is 0.222 e. The van der Waals surface area contributed by atoms with Gasteiger partial charge in [-0.05, 0) is 55.7 Å². The van der Waals surface area contributed by atoms with E-state index in [2.05, 4.69) is 9.97 Å². The van der Waals surface area contributed by atoms with E-state index in [0.29, 0.717) is 18.8 Å². The Hall–Kier alpha value is -2.30. The van der Waals surface area contributed by atoms with Gasteiger partial charge in [0.2, 0.25) is 5.91 Å². The zero-order valence-corrected chi connectivity index (χ0v) is 14.4. The summed E-state index contributed by atoms with van der Waals surface area (Å²) in [4.78, 5) is 22.7. The highest BCUT2D eigenvalue weighted by Crippen LogP contribution is 2.22. The maximum atomic E-state index is 13.3. The second-order valence-corrected chi connectivity index (χ2v) is 6.71. The van der Waals surface area contributed by atoms with Crippen LogP contribution in [0.25, 0.3) is 0 Å². The van der Waals surface area contributed by atoms with Crippen LogP contribution in [0, 0.1) is 11.7 Å². The monoisotopic (exact) mass is 341 g/mol. The van der Waals surface area contributed by atoms with Crippen molar-refractivity contribution >= 4 is 5.91 Å². The summed E-state index contributed by atoms with van der Waals surface area (Å²) in [5, 5.41) is 0. The van der Waals surface area contributed by atoms with E-state index in [4.69, 9.17) is 0 Å². The Kier molecular flexibility index (Phi) is 6.09. The Bertz CT molecular complexity index is 692. The predicted octanol–water partition coefficient (Wildman–Crippen LogP) is 3.42. The Balaban J connectivity index is 1.46. The Labute approximate surface area is 148 Å². The van der Waals surface area contributed by atoms with Gasteiger partial charge in [0.15, 0.2) is 0 Å². The molecule has 0 spiro atoms. The van der Waals surface area contributed by atoms with Crippen molar-refractivity contribution in [3.63, 3.8) is 0 Å². The summed E-state index contributed by atoms with van der Waals surface area (Å²) in [5.74, 6) is 0.514. The first-order valence-electron chi connectivity index (χ1n) is 8.98. The highest BCUT2D eigenvalue weighted by atomic mass is 19.1. The summed E-state index contributed by atoms with van der Waals surface area (Å²) in [5.41, 5.74) is 1.89. The lowest BCUT2D eigenvalue weighted by atomic mass is 9.91. The number of likely N-dealkylation sites (tertiary alicyclic amines) is 1. The van der Waals surface area contributed by atoms with Gasteiger partial charge in [-0.15, -0.1) is 0 Å². The van der Waals surface area contributed by atoms with Crippen LogP contribution in [0.15, 0.2) is 42.9 Å². The van der Waals surface area contributed by atoms with Crippen molar-refractivity contribution in [3.8, 4) is 0 Å². The largest absolute Gasteiger partial charge is 0.342 e. The first-order valence-corrected chi connectivity index (χ1v) is 8.98. The van der Waals surface area contributed by atoms with Crippen LogP contribution in [0.1, 0.15) is 36.9 Å². The number of piperidine rings is 1. The molecule has 132 valence electrons. The van der Waals surface area contributed by atoms with Crippen LogP contribution in [0.3, 0.4) is 0 Å². The standard InChI is InChI=1S/C20H24FN3O/c21-18-5-1-3-16(13-18)6-7-17-4-2-12-24(15-17)20(25)9-8-19-14-22-10-11-23-19/h1,3,5,10-11,13-14,17H,2,4,6-9,12,15H2/t17-/m0/s1. The molecule has 0 unspecified atom stereocenters. The van der Waals surface area contributed by atoms with Gasteiger partial charge in [0.1, 0.15) is 5.82 Å². The van der Waals surface area contributed by atoms with Crippen molar-refractivity contribution in [2.24, 2.45) is 5.92 Å². The van der Waals surface area contributed by atoms with E-state index < -0.39 is 0 Å². The third-order valence-corrected chi connectivity index (χ3v) is 4.81. The number of carbonyl (C=O) groups excluding carboxylic acids is 1. The minimum absolute atomic E-state index is 0.179. The fourth-order valence-electron chi connectivity index (χ4n) is 3.44. The summed E-state index contributed by atoms with van der Waals surface area (Å²) < 4.78 is 13.3. The molecule has 1 aliphatic heterocycles. The second-order valence-electron chi connectivity index (χ2n) is 6.71.